The summed E-state index contributed by atoms with van der Waals surface area (Å²) in [4.78, 5) is 25.2. The van der Waals surface area contributed by atoms with Crippen LogP contribution in [0.15, 0.2) is 22.9 Å². The van der Waals surface area contributed by atoms with Crippen LogP contribution in [-0.2, 0) is 0 Å². The van der Waals surface area contributed by atoms with Crippen LogP contribution in [0.5, 0.6) is 0 Å². The van der Waals surface area contributed by atoms with Crippen molar-refractivity contribution in [2.24, 2.45) is 5.73 Å². The number of hydrogen-bond donors (Lipinski definition) is 2. The number of nitro groups is 1. The van der Waals surface area contributed by atoms with Gasteiger partial charge in [-0.3, -0.25) is 20.0 Å². The molecule has 0 radical (unpaired) electrons. The maximum atomic E-state index is 11.0. The molecule has 18 heavy (non-hydrogen) atoms. The van der Waals surface area contributed by atoms with Crippen molar-refractivity contribution in [3.63, 3.8) is 0 Å². The summed E-state index contributed by atoms with van der Waals surface area (Å²) in [5, 5.41) is 17.0. The maximum absolute atomic E-state index is 11.0. The number of primary amides is 1. The minimum atomic E-state index is -0.939. The molecule has 0 aliphatic rings. The van der Waals surface area contributed by atoms with E-state index in [4.69, 9.17) is 5.73 Å². The molecule has 8 nitrogen and oxygen atoms in total. The summed E-state index contributed by atoms with van der Waals surface area (Å²) in [7, 11) is 0. The summed E-state index contributed by atoms with van der Waals surface area (Å²) in [6.07, 6.45) is 1.40. The number of halogens is 1. The molecule has 0 aliphatic carbocycles. The molecule has 0 bridgehead atoms. The molecule has 0 unspecified atom stereocenters. The monoisotopic (exact) mass is 311 g/mol. The van der Waals surface area contributed by atoms with Crippen molar-refractivity contribution in [2.75, 3.05) is 0 Å². The van der Waals surface area contributed by atoms with E-state index in [1.54, 1.807) is 12.1 Å². The lowest BCUT2D eigenvalue weighted by Crippen LogP contribution is -2.13. The average Bonchev–Trinajstić information content (AvgIpc) is 2.74. The zero-order valence-electron chi connectivity index (χ0n) is 8.75. The van der Waals surface area contributed by atoms with E-state index in [0.717, 1.165) is 0 Å². The molecule has 2 aromatic heterocycles. The normalized spacial score (nSPS) is 10.3. The van der Waals surface area contributed by atoms with Gasteiger partial charge in [-0.2, -0.15) is 5.10 Å². The van der Waals surface area contributed by atoms with Crippen molar-refractivity contribution in [1.29, 1.82) is 0 Å². The Balaban J connectivity index is 2.61. The summed E-state index contributed by atoms with van der Waals surface area (Å²) in [5.41, 5.74) is 4.68. The van der Waals surface area contributed by atoms with Crippen LogP contribution in [0.25, 0.3) is 11.3 Å². The lowest BCUT2D eigenvalue weighted by Gasteiger charge is -1.96. The van der Waals surface area contributed by atoms with Gasteiger partial charge in [-0.15, -0.1) is 0 Å². The third kappa shape index (κ3) is 2.07. The second kappa shape index (κ2) is 4.53. The first-order valence-corrected chi connectivity index (χ1v) is 5.44. The number of hydrogen-bond acceptors (Lipinski definition) is 5. The van der Waals surface area contributed by atoms with Gasteiger partial charge in [0, 0.05) is 11.8 Å². The molecule has 92 valence electrons. The second-order valence-corrected chi connectivity index (χ2v) is 4.10. The van der Waals surface area contributed by atoms with Gasteiger partial charge in [0.15, 0.2) is 5.69 Å². The van der Waals surface area contributed by atoms with Gasteiger partial charge in [0.25, 0.3) is 5.91 Å². The Labute approximate surface area is 108 Å². The maximum Gasteiger partial charge on any atom is 0.327 e. The first-order chi connectivity index (χ1) is 8.50. The minimum absolute atomic E-state index is 0.0220. The Morgan fingerprint density at radius 2 is 2.22 bits per heavy atom. The van der Waals surface area contributed by atoms with Crippen LogP contribution in [0.3, 0.4) is 0 Å². The van der Waals surface area contributed by atoms with Crippen LogP contribution in [0.4, 0.5) is 5.69 Å². The molecule has 3 N–H and O–H groups in total. The number of pyridine rings is 1. The average molecular weight is 312 g/mol. The number of nitrogens with zero attached hydrogens (tertiary/aromatic N) is 3. The number of rotatable bonds is 3. The summed E-state index contributed by atoms with van der Waals surface area (Å²) < 4.78 is 0.583. The Morgan fingerprint density at radius 3 is 2.72 bits per heavy atom. The van der Waals surface area contributed by atoms with Gasteiger partial charge in [-0.25, -0.2) is 4.98 Å². The molecule has 2 heterocycles. The van der Waals surface area contributed by atoms with E-state index < -0.39 is 16.5 Å². The fraction of sp³-hybridized carbons (Fsp3) is 0. The van der Waals surface area contributed by atoms with Gasteiger partial charge >= 0.3 is 5.69 Å². The van der Waals surface area contributed by atoms with Crippen LogP contribution in [-0.4, -0.2) is 26.0 Å². The van der Waals surface area contributed by atoms with Gasteiger partial charge in [0.2, 0.25) is 5.69 Å². The van der Waals surface area contributed by atoms with E-state index in [2.05, 4.69) is 31.1 Å². The van der Waals surface area contributed by atoms with Crippen molar-refractivity contribution >= 4 is 27.5 Å². The third-order valence-electron chi connectivity index (χ3n) is 2.17. The smallest absolute Gasteiger partial charge is 0.327 e. The van der Waals surface area contributed by atoms with E-state index in [1.807, 2.05) is 0 Å². The molecule has 9 heteroatoms. The lowest BCUT2D eigenvalue weighted by atomic mass is 10.1. The van der Waals surface area contributed by atoms with Gasteiger partial charge in [0.05, 0.1) is 4.92 Å². The first-order valence-electron chi connectivity index (χ1n) is 4.65. The zero-order valence-corrected chi connectivity index (χ0v) is 10.3. The van der Waals surface area contributed by atoms with Gasteiger partial charge in [-0.1, -0.05) is 0 Å². The highest BCUT2D eigenvalue weighted by Crippen LogP contribution is 2.30. The lowest BCUT2D eigenvalue weighted by molar-refractivity contribution is -0.384. The molecule has 0 saturated carbocycles. The molecule has 2 rings (SSSR count). The highest BCUT2D eigenvalue weighted by Gasteiger charge is 2.28. The van der Waals surface area contributed by atoms with Crippen LogP contribution in [0.1, 0.15) is 10.5 Å². The van der Waals surface area contributed by atoms with Crippen LogP contribution < -0.4 is 5.73 Å². The minimum Gasteiger partial charge on any atom is -0.364 e. The highest BCUT2D eigenvalue weighted by atomic mass is 79.9. The number of aromatic nitrogens is 3. The van der Waals surface area contributed by atoms with Crippen LogP contribution in [0.2, 0.25) is 0 Å². The van der Waals surface area contributed by atoms with Crippen molar-refractivity contribution in [3.8, 4) is 11.3 Å². The van der Waals surface area contributed by atoms with Crippen LogP contribution in [0, 0.1) is 10.1 Å². The summed E-state index contributed by atoms with van der Waals surface area (Å²) in [6, 6.07) is 3.20. The zero-order chi connectivity index (χ0) is 13.3. The summed E-state index contributed by atoms with van der Waals surface area (Å²) >= 11 is 3.15. The third-order valence-corrected chi connectivity index (χ3v) is 2.64. The fourth-order valence-electron chi connectivity index (χ4n) is 1.40. The Bertz CT molecular complexity index is 622. The first kappa shape index (κ1) is 12.2. The molecular formula is C9H6BrN5O3. The van der Waals surface area contributed by atoms with E-state index in [0.29, 0.717) is 10.2 Å². The van der Waals surface area contributed by atoms with E-state index in [9.17, 15) is 14.9 Å². The molecule has 0 aromatic carbocycles. The number of H-pyrrole nitrogens is 1. The van der Waals surface area contributed by atoms with Gasteiger partial charge < -0.3 is 5.73 Å². The molecule has 0 atom stereocenters. The standard InChI is InChI=1S/C9H6BrN5O3/c10-5-2-1-4(3-12-5)6-8(15(17)18)7(9(11)16)14-13-6/h1-3H,(H2,11,16)(H,13,14). The molecule has 0 aliphatic heterocycles. The SMILES string of the molecule is NC(=O)c1[nH]nc(-c2ccc(Br)nc2)c1[N+](=O)[O-]. The predicted octanol–water partition coefficient (Wildman–Crippen LogP) is 1.24. The quantitative estimate of drug-likeness (QED) is 0.500. The second-order valence-electron chi connectivity index (χ2n) is 3.29. The number of nitrogens with two attached hydrogens (primary N) is 1. The highest BCUT2D eigenvalue weighted by molar-refractivity contribution is 9.10. The number of nitrogens with one attached hydrogen (secondary N) is 1. The number of amides is 1. The molecule has 1 amide bonds. The summed E-state index contributed by atoms with van der Waals surface area (Å²) in [6.45, 7) is 0. The molecular weight excluding hydrogens is 306 g/mol. The van der Waals surface area contributed by atoms with Gasteiger partial charge in [0.1, 0.15) is 4.60 Å². The Kier molecular flexibility index (Phi) is 3.06. The van der Waals surface area contributed by atoms with E-state index >= 15 is 0 Å². The van der Waals surface area contributed by atoms with E-state index in [-0.39, 0.29) is 11.4 Å². The number of carbonyl (C=O) groups excluding carboxylic acids is 1. The van der Waals surface area contributed by atoms with Crippen molar-refractivity contribution < 1.29 is 9.72 Å². The Hall–Kier alpha value is -2.29. The Morgan fingerprint density at radius 1 is 1.50 bits per heavy atom. The molecule has 0 saturated heterocycles. The van der Waals surface area contributed by atoms with Crippen molar-refractivity contribution in [1.82, 2.24) is 15.2 Å². The van der Waals surface area contributed by atoms with Gasteiger partial charge in [-0.05, 0) is 28.1 Å². The molecule has 0 fully saturated rings. The number of carbonyl (C=O) groups is 1. The largest absolute Gasteiger partial charge is 0.364 e. The van der Waals surface area contributed by atoms with Crippen LogP contribution >= 0.6 is 15.9 Å². The van der Waals surface area contributed by atoms with Crippen molar-refractivity contribution in [2.45, 2.75) is 0 Å². The topological polar surface area (TPSA) is 128 Å². The molecule has 0 spiro atoms. The summed E-state index contributed by atoms with van der Waals surface area (Å²) in [5.74, 6) is -0.939. The van der Waals surface area contributed by atoms with Crippen molar-refractivity contribution in [3.05, 3.63) is 38.7 Å². The van der Waals surface area contributed by atoms with E-state index in [1.165, 1.54) is 6.20 Å². The number of aromatic amines is 1. The fourth-order valence-corrected chi connectivity index (χ4v) is 1.64. The molecule has 2 aromatic rings. The predicted molar refractivity (Wildman–Crippen MR) is 64.7 cm³/mol.